The number of nitrogens with zero attached hydrogens (tertiary/aromatic N) is 5. The minimum atomic E-state index is 0.0308. The highest BCUT2D eigenvalue weighted by Crippen LogP contribution is 2.28. The molecule has 1 aromatic carbocycles. The predicted octanol–water partition coefficient (Wildman–Crippen LogP) is 2.85. The summed E-state index contributed by atoms with van der Waals surface area (Å²) in [6, 6.07) is 10.3. The Kier molecular flexibility index (Phi) is 5.28. The van der Waals surface area contributed by atoms with Crippen molar-refractivity contribution in [2.45, 2.75) is 19.4 Å². The zero-order valence-corrected chi connectivity index (χ0v) is 17.4. The average Bonchev–Trinajstić information content (AvgIpc) is 3.18. The van der Waals surface area contributed by atoms with Crippen LogP contribution in [-0.4, -0.2) is 57.7 Å². The second-order valence-corrected chi connectivity index (χ2v) is 8.36. The Morgan fingerprint density at radius 3 is 2.68 bits per heavy atom. The van der Waals surface area contributed by atoms with Crippen molar-refractivity contribution in [3.8, 4) is 11.3 Å². The molecule has 4 rings (SSSR count). The van der Waals surface area contributed by atoms with Crippen molar-refractivity contribution < 1.29 is 4.79 Å². The minimum absolute atomic E-state index is 0.0308. The lowest BCUT2D eigenvalue weighted by Gasteiger charge is -2.19. The van der Waals surface area contributed by atoms with Crippen molar-refractivity contribution in [3.05, 3.63) is 57.7 Å². The molecule has 3 aromatic rings. The maximum absolute atomic E-state index is 13.0. The summed E-state index contributed by atoms with van der Waals surface area (Å²) >= 11 is 1.55. The maximum Gasteiger partial charge on any atom is 0.273 e. The summed E-state index contributed by atoms with van der Waals surface area (Å²) in [5.41, 5.74) is 5.21. The third-order valence-electron chi connectivity index (χ3n) is 5.08. The highest BCUT2D eigenvalue weighted by atomic mass is 32.1. The lowest BCUT2D eigenvalue weighted by Crippen LogP contribution is -2.33. The molecule has 3 heterocycles. The molecule has 146 valence electrons. The second kappa shape index (κ2) is 7.85. The summed E-state index contributed by atoms with van der Waals surface area (Å²) in [5, 5.41) is 7.62. The van der Waals surface area contributed by atoms with Crippen molar-refractivity contribution in [1.82, 2.24) is 24.6 Å². The zero-order chi connectivity index (χ0) is 19.7. The summed E-state index contributed by atoms with van der Waals surface area (Å²) in [6.07, 6.45) is 1.62. The molecule has 0 saturated heterocycles. The van der Waals surface area contributed by atoms with Crippen LogP contribution >= 0.6 is 11.3 Å². The van der Waals surface area contributed by atoms with Crippen LogP contribution < -0.4 is 0 Å². The molecule has 0 bridgehead atoms. The van der Waals surface area contributed by atoms with Gasteiger partial charge in [-0.15, -0.1) is 11.3 Å². The minimum Gasteiger partial charge on any atom is -0.337 e. The smallest absolute Gasteiger partial charge is 0.273 e. The fourth-order valence-corrected chi connectivity index (χ4v) is 4.61. The molecule has 1 aliphatic rings. The fourth-order valence-electron chi connectivity index (χ4n) is 3.72. The van der Waals surface area contributed by atoms with Crippen LogP contribution in [0.2, 0.25) is 0 Å². The quantitative estimate of drug-likeness (QED) is 0.682. The monoisotopic (exact) mass is 395 g/mol. The van der Waals surface area contributed by atoms with Gasteiger partial charge >= 0.3 is 0 Å². The van der Waals surface area contributed by atoms with E-state index in [0.717, 1.165) is 35.7 Å². The lowest BCUT2D eigenvalue weighted by molar-refractivity contribution is 0.0757. The molecule has 0 N–H and O–H groups in total. The third kappa shape index (κ3) is 3.72. The van der Waals surface area contributed by atoms with Gasteiger partial charge in [0.2, 0.25) is 0 Å². The van der Waals surface area contributed by atoms with Crippen LogP contribution in [0.4, 0.5) is 0 Å². The highest BCUT2D eigenvalue weighted by Gasteiger charge is 2.26. The van der Waals surface area contributed by atoms with Gasteiger partial charge in [-0.3, -0.25) is 9.48 Å². The molecule has 0 spiro atoms. The van der Waals surface area contributed by atoms with E-state index in [1.54, 1.807) is 11.3 Å². The van der Waals surface area contributed by atoms with Crippen LogP contribution in [0, 0.1) is 0 Å². The van der Waals surface area contributed by atoms with Gasteiger partial charge in [0.15, 0.2) is 0 Å². The zero-order valence-electron chi connectivity index (χ0n) is 16.6. The first kappa shape index (κ1) is 18.8. The van der Waals surface area contributed by atoms with Crippen LogP contribution in [0.1, 0.15) is 26.8 Å². The van der Waals surface area contributed by atoms with E-state index in [1.165, 1.54) is 11.3 Å². The Morgan fingerprint density at radius 1 is 1.18 bits per heavy atom. The number of hydrogen-bond donors (Lipinski definition) is 0. The van der Waals surface area contributed by atoms with E-state index in [-0.39, 0.29) is 5.91 Å². The molecule has 2 aromatic heterocycles. The molecule has 28 heavy (non-hydrogen) atoms. The Bertz CT molecular complexity index is 976. The highest BCUT2D eigenvalue weighted by molar-refractivity contribution is 7.09. The number of rotatable bonds is 4. The molecule has 0 radical (unpaired) electrons. The van der Waals surface area contributed by atoms with Gasteiger partial charge in [0.25, 0.3) is 5.91 Å². The lowest BCUT2D eigenvalue weighted by atomic mass is 10.0. The van der Waals surface area contributed by atoms with Gasteiger partial charge < -0.3 is 9.80 Å². The molecule has 6 nitrogen and oxygen atoms in total. The summed E-state index contributed by atoms with van der Waals surface area (Å²) in [7, 11) is 6.01. The van der Waals surface area contributed by atoms with Crippen molar-refractivity contribution in [2.24, 2.45) is 7.05 Å². The number of fused-ring (bicyclic) bond motifs is 1. The Hall–Kier alpha value is -2.51. The van der Waals surface area contributed by atoms with E-state index in [0.29, 0.717) is 18.8 Å². The first-order valence-corrected chi connectivity index (χ1v) is 10.4. The van der Waals surface area contributed by atoms with Gasteiger partial charge in [-0.25, -0.2) is 4.98 Å². The topological polar surface area (TPSA) is 54.3 Å². The summed E-state index contributed by atoms with van der Waals surface area (Å²) in [6.45, 7) is 2.15. The van der Waals surface area contributed by atoms with E-state index in [9.17, 15) is 4.79 Å². The molecular formula is C21H25N5OS. The van der Waals surface area contributed by atoms with Gasteiger partial charge in [0.05, 0.1) is 5.69 Å². The molecule has 0 atom stereocenters. The number of thiazole rings is 1. The number of carbonyl (C=O) groups is 1. The van der Waals surface area contributed by atoms with Gasteiger partial charge in [0, 0.05) is 55.3 Å². The van der Waals surface area contributed by atoms with Crippen molar-refractivity contribution in [2.75, 3.05) is 27.2 Å². The van der Waals surface area contributed by atoms with E-state index < -0.39 is 0 Å². The van der Waals surface area contributed by atoms with E-state index >= 15 is 0 Å². The molecule has 0 unspecified atom stereocenters. The third-order valence-corrected chi connectivity index (χ3v) is 5.92. The largest absolute Gasteiger partial charge is 0.337 e. The van der Waals surface area contributed by atoms with E-state index in [2.05, 4.69) is 22.0 Å². The molecule has 7 heteroatoms. The fraction of sp³-hybridized carbons (Fsp3) is 0.381. The van der Waals surface area contributed by atoms with Crippen molar-refractivity contribution in [3.63, 3.8) is 0 Å². The van der Waals surface area contributed by atoms with Crippen LogP contribution in [-0.2, 0) is 26.4 Å². The Morgan fingerprint density at radius 2 is 1.93 bits per heavy atom. The van der Waals surface area contributed by atoms with Crippen LogP contribution in [0.15, 0.2) is 35.7 Å². The number of carbonyl (C=O) groups excluding carboxylic acids is 1. The van der Waals surface area contributed by atoms with Gasteiger partial charge in [-0.1, -0.05) is 30.3 Å². The second-order valence-electron chi connectivity index (χ2n) is 7.42. The number of benzene rings is 1. The van der Waals surface area contributed by atoms with E-state index in [4.69, 9.17) is 5.10 Å². The molecule has 0 fully saturated rings. The van der Waals surface area contributed by atoms with Gasteiger partial charge in [-0.2, -0.15) is 5.10 Å². The summed E-state index contributed by atoms with van der Waals surface area (Å²) < 4.78 is 1.98. The maximum atomic E-state index is 13.0. The Balaban J connectivity index is 1.53. The molecule has 0 saturated carbocycles. The number of aromatic nitrogens is 3. The average molecular weight is 396 g/mol. The standard InChI is InChI=1S/C21H25N5OS/c1-24(2)13-19-22-17(14-28-19)21(27)26-11-9-16-18(10-12-26)25(3)23-20(16)15-7-5-4-6-8-15/h4-8,14H,9-13H2,1-3H3. The van der Waals surface area contributed by atoms with E-state index in [1.807, 2.05) is 54.3 Å². The normalized spacial score (nSPS) is 14.2. The number of amides is 1. The van der Waals surface area contributed by atoms with Crippen LogP contribution in [0.3, 0.4) is 0 Å². The first-order valence-electron chi connectivity index (χ1n) is 9.51. The summed E-state index contributed by atoms with van der Waals surface area (Å²) in [4.78, 5) is 21.5. The molecule has 1 aliphatic heterocycles. The van der Waals surface area contributed by atoms with Crippen LogP contribution in [0.25, 0.3) is 11.3 Å². The Labute approximate surface area is 169 Å². The summed E-state index contributed by atoms with van der Waals surface area (Å²) in [5.74, 6) is 0.0308. The predicted molar refractivity (Wildman–Crippen MR) is 111 cm³/mol. The molecular weight excluding hydrogens is 370 g/mol. The van der Waals surface area contributed by atoms with Gasteiger partial charge in [0.1, 0.15) is 10.7 Å². The number of hydrogen-bond acceptors (Lipinski definition) is 5. The molecule has 1 amide bonds. The first-order chi connectivity index (χ1) is 13.5. The van der Waals surface area contributed by atoms with Crippen LogP contribution in [0.5, 0.6) is 0 Å². The SMILES string of the molecule is CN(C)Cc1nc(C(=O)N2CCc3c(-c4ccccc4)nn(C)c3CC2)cs1. The van der Waals surface area contributed by atoms with Crippen molar-refractivity contribution >= 4 is 17.2 Å². The van der Waals surface area contributed by atoms with Crippen molar-refractivity contribution in [1.29, 1.82) is 0 Å². The molecule has 0 aliphatic carbocycles. The number of aryl methyl sites for hydroxylation is 1. The van der Waals surface area contributed by atoms with Gasteiger partial charge in [-0.05, 0) is 20.5 Å².